The molecular formula is C12H11F3N2O2. The number of hydrogen-bond acceptors (Lipinski definition) is 3. The quantitative estimate of drug-likeness (QED) is 0.930. The molecule has 0 spiro atoms. The van der Waals surface area contributed by atoms with Crippen molar-refractivity contribution < 1.29 is 22.6 Å². The van der Waals surface area contributed by atoms with Gasteiger partial charge in [-0.15, -0.1) is 5.10 Å². The zero-order valence-corrected chi connectivity index (χ0v) is 10.2. The average molecular weight is 272 g/mol. The van der Waals surface area contributed by atoms with E-state index in [0.717, 1.165) is 0 Å². The Balaban J connectivity index is 2.39. The summed E-state index contributed by atoms with van der Waals surface area (Å²) in [5.74, 6) is -0.433. The van der Waals surface area contributed by atoms with Gasteiger partial charge < -0.3 is 9.47 Å². The maximum absolute atomic E-state index is 13.9. The summed E-state index contributed by atoms with van der Waals surface area (Å²) < 4.78 is 47.2. The lowest BCUT2D eigenvalue weighted by molar-refractivity contribution is -0.0533. The summed E-state index contributed by atoms with van der Waals surface area (Å²) >= 11 is 0. The number of hydrogen-bond donors (Lipinski definition) is 1. The summed E-state index contributed by atoms with van der Waals surface area (Å²) in [5, 5.41) is 6.08. The van der Waals surface area contributed by atoms with Gasteiger partial charge in [-0.1, -0.05) is 0 Å². The molecule has 7 heteroatoms. The van der Waals surface area contributed by atoms with Crippen LogP contribution < -0.4 is 9.47 Å². The first-order chi connectivity index (χ1) is 9.02. The monoisotopic (exact) mass is 272 g/mol. The topological polar surface area (TPSA) is 47.1 Å². The van der Waals surface area contributed by atoms with Crippen molar-refractivity contribution in [1.82, 2.24) is 10.2 Å². The SMILES string of the molecule is COc1ccc(-c2[nH]nc(OC(F)F)c2C)c(F)c1. The van der Waals surface area contributed by atoms with Crippen molar-refractivity contribution >= 4 is 0 Å². The number of alkyl halides is 2. The Morgan fingerprint density at radius 2 is 2.05 bits per heavy atom. The van der Waals surface area contributed by atoms with Crippen molar-refractivity contribution in [1.29, 1.82) is 0 Å². The zero-order chi connectivity index (χ0) is 14.0. The first kappa shape index (κ1) is 13.3. The van der Waals surface area contributed by atoms with Crippen molar-refractivity contribution in [2.75, 3.05) is 7.11 Å². The van der Waals surface area contributed by atoms with Crippen LogP contribution in [0.25, 0.3) is 11.3 Å². The fourth-order valence-corrected chi connectivity index (χ4v) is 1.67. The number of methoxy groups -OCH3 is 1. The van der Waals surface area contributed by atoms with E-state index in [4.69, 9.17) is 4.74 Å². The molecule has 1 aromatic heterocycles. The van der Waals surface area contributed by atoms with Gasteiger partial charge in [0.05, 0.1) is 12.8 Å². The minimum atomic E-state index is -2.98. The van der Waals surface area contributed by atoms with Crippen LogP contribution in [0.4, 0.5) is 13.2 Å². The second-order valence-electron chi connectivity index (χ2n) is 3.75. The van der Waals surface area contributed by atoms with E-state index >= 15 is 0 Å². The van der Waals surface area contributed by atoms with E-state index in [1.807, 2.05) is 0 Å². The summed E-state index contributed by atoms with van der Waals surface area (Å²) in [6.07, 6.45) is 0. The third-order valence-corrected chi connectivity index (χ3v) is 2.61. The Labute approximate surface area is 107 Å². The first-order valence-electron chi connectivity index (χ1n) is 5.36. The lowest BCUT2D eigenvalue weighted by atomic mass is 10.1. The molecule has 1 N–H and O–H groups in total. The van der Waals surface area contributed by atoms with Gasteiger partial charge in [0.25, 0.3) is 0 Å². The van der Waals surface area contributed by atoms with E-state index in [-0.39, 0.29) is 17.1 Å². The van der Waals surface area contributed by atoms with E-state index in [0.29, 0.717) is 11.3 Å². The minimum Gasteiger partial charge on any atom is -0.497 e. The normalized spacial score (nSPS) is 10.8. The van der Waals surface area contributed by atoms with Crippen LogP contribution in [0, 0.1) is 12.7 Å². The summed E-state index contributed by atoms with van der Waals surface area (Å²) in [7, 11) is 1.42. The smallest absolute Gasteiger partial charge is 0.388 e. The Morgan fingerprint density at radius 1 is 1.32 bits per heavy atom. The standard InChI is InChI=1S/C12H11F3N2O2/c1-6-10(16-17-11(6)19-12(14)15)8-4-3-7(18-2)5-9(8)13/h3-5,12H,1-2H3,(H,16,17). The predicted molar refractivity (Wildman–Crippen MR) is 61.9 cm³/mol. The highest BCUT2D eigenvalue weighted by Crippen LogP contribution is 2.31. The summed E-state index contributed by atoms with van der Waals surface area (Å²) in [6.45, 7) is -1.46. The summed E-state index contributed by atoms with van der Waals surface area (Å²) in [4.78, 5) is 0. The van der Waals surface area contributed by atoms with E-state index in [1.54, 1.807) is 6.07 Å². The molecule has 0 aliphatic carbocycles. The number of benzene rings is 1. The highest BCUT2D eigenvalue weighted by atomic mass is 19.3. The molecule has 0 bridgehead atoms. The largest absolute Gasteiger partial charge is 0.497 e. The third-order valence-electron chi connectivity index (χ3n) is 2.61. The van der Waals surface area contributed by atoms with Gasteiger partial charge in [-0.05, 0) is 19.1 Å². The fraction of sp³-hybridized carbons (Fsp3) is 0.250. The molecule has 2 aromatic rings. The Kier molecular flexibility index (Phi) is 3.64. The molecule has 0 amide bonds. The molecule has 1 heterocycles. The number of aromatic amines is 1. The predicted octanol–water partition coefficient (Wildman–Crippen LogP) is 3.13. The van der Waals surface area contributed by atoms with Crippen LogP contribution in [-0.4, -0.2) is 23.9 Å². The molecule has 0 radical (unpaired) electrons. The second kappa shape index (κ2) is 5.21. The molecule has 0 saturated heterocycles. The van der Waals surface area contributed by atoms with Gasteiger partial charge in [0.15, 0.2) is 0 Å². The number of nitrogens with one attached hydrogen (secondary N) is 1. The molecule has 0 fully saturated rings. The van der Waals surface area contributed by atoms with Gasteiger partial charge in [0, 0.05) is 17.2 Å². The van der Waals surface area contributed by atoms with Crippen molar-refractivity contribution in [3.8, 4) is 22.9 Å². The fourth-order valence-electron chi connectivity index (χ4n) is 1.67. The summed E-state index contributed by atoms with van der Waals surface area (Å²) in [6, 6.07) is 4.23. The number of ether oxygens (including phenoxy) is 2. The number of rotatable bonds is 4. The van der Waals surface area contributed by atoms with Crippen molar-refractivity contribution in [2.24, 2.45) is 0 Å². The maximum Gasteiger partial charge on any atom is 0.388 e. The van der Waals surface area contributed by atoms with E-state index < -0.39 is 12.4 Å². The van der Waals surface area contributed by atoms with Crippen LogP contribution in [0.15, 0.2) is 18.2 Å². The van der Waals surface area contributed by atoms with Gasteiger partial charge >= 0.3 is 6.61 Å². The third kappa shape index (κ3) is 2.64. The highest BCUT2D eigenvalue weighted by Gasteiger charge is 2.17. The number of H-pyrrole nitrogens is 1. The van der Waals surface area contributed by atoms with Crippen LogP contribution in [0.3, 0.4) is 0 Å². The highest BCUT2D eigenvalue weighted by molar-refractivity contribution is 5.66. The molecular weight excluding hydrogens is 261 g/mol. The van der Waals surface area contributed by atoms with Gasteiger partial charge in [-0.25, -0.2) is 4.39 Å². The van der Waals surface area contributed by atoms with Crippen molar-refractivity contribution in [3.05, 3.63) is 29.6 Å². The number of nitrogens with zero attached hydrogens (tertiary/aromatic N) is 1. The Bertz CT molecular complexity index is 584. The van der Waals surface area contributed by atoms with Crippen LogP contribution in [-0.2, 0) is 0 Å². The zero-order valence-electron chi connectivity index (χ0n) is 10.2. The molecule has 4 nitrogen and oxygen atoms in total. The molecule has 102 valence electrons. The number of halogens is 3. The Hall–Kier alpha value is -2.18. The number of aromatic nitrogens is 2. The Morgan fingerprint density at radius 3 is 2.63 bits per heavy atom. The molecule has 0 atom stereocenters. The molecule has 0 saturated carbocycles. The average Bonchev–Trinajstić information content (AvgIpc) is 2.70. The molecule has 1 aromatic carbocycles. The van der Waals surface area contributed by atoms with Gasteiger partial charge in [0.1, 0.15) is 11.6 Å². The summed E-state index contributed by atoms with van der Waals surface area (Å²) in [5.41, 5.74) is 0.801. The van der Waals surface area contributed by atoms with Crippen LogP contribution >= 0.6 is 0 Å². The first-order valence-corrected chi connectivity index (χ1v) is 5.36. The van der Waals surface area contributed by atoms with Gasteiger partial charge in [-0.2, -0.15) is 8.78 Å². The molecule has 2 rings (SSSR count). The maximum atomic E-state index is 13.9. The van der Waals surface area contributed by atoms with E-state index in [2.05, 4.69) is 14.9 Å². The van der Waals surface area contributed by atoms with Crippen LogP contribution in [0.5, 0.6) is 11.6 Å². The molecule has 0 aliphatic rings. The lowest BCUT2D eigenvalue weighted by Gasteiger charge is -2.05. The minimum absolute atomic E-state index is 0.204. The molecule has 19 heavy (non-hydrogen) atoms. The van der Waals surface area contributed by atoms with E-state index in [9.17, 15) is 13.2 Å². The lowest BCUT2D eigenvalue weighted by Crippen LogP contribution is -2.03. The molecule has 0 aliphatic heterocycles. The van der Waals surface area contributed by atoms with Crippen LogP contribution in [0.1, 0.15) is 5.56 Å². The van der Waals surface area contributed by atoms with Gasteiger partial charge in [-0.3, -0.25) is 5.10 Å². The second-order valence-corrected chi connectivity index (χ2v) is 3.75. The van der Waals surface area contributed by atoms with Gasteiger partial charge in [0.2, 0.25) is 5.88 Å². The van der Waals surface area contributed by atoms with Crippen LogP contribution in [0.2, 0.25) is 0 Å². The van der Waals surface area contributed by atoms with Crippen molar-refractivity contribution in [2.45, 2.75) is 13.5 Å². The van der Waals surface area contributed by atoms with Crippen molar-refractivity contribution in [3.63, 3.8) is 0 Å². The molecule has 0 unspecified atom stereocenters. The van der Waals surface area contributed by atoms with E-state index in [1.165, 1.54) is 26.2 Å².